The third kappa shape index (κ3) is 4.77. The van der Waals surface area contributed by atoms with E-state index < -0.39 is 0 Å². The first-order valence-electron chi connectivity index (χ1n) is 16.5. The third-order valence-corrected chi connectivity index (χ3v) is 10.3. The number of hydrogen-bond donors (Lipinski definition) is 0. The molecule has 0 atom stereocenters. The molecule has 0 fully saturated rings. The van der Waals surface area contributed by atoms with Crippen LogP contribution in [0.1, 0.15) is 0 Å². The van der Waals surface area contributed by atoms with Gasteiger partial charge < -0.3 is 4.42 Å². The van der Waals surface area contributed by atoms with Gasteiger partial charge in [0.25, 0.3) is 0 Å². The summed E-state index contributed by atoms with van der Waals surface area (Å²) in [5, 5.41) is 3.13. The van der Waals surface area contributed by atoms with E-state index in [-0.39, 0.29) is 0 Å². The van der Waals surface area contributed by atoms with Gasteiger partial charge in [0.1, 0.15) is 11.2 Å². The van der Waals surface area contributed by atoms with Gasteiger partial charge in [-0.2, -0.15) is 0 Å². The Morgan fingerprint density at radius 2 is 1.12 bits per heavy atom. The zero-order valence-corrected chi connectivity index (χ0v) is 27.4. The summed E-state index contributed by atoms with van der Waals surface area (Å²) in [4.78, 5) is 20.5. The fraction of sp³-hybridized carbons (Fsp3) is 0. The number of hydrogen-bond acceptors (Lipinski definition) is 6. The van der Waals surface area contributed by atoms with Crippen molar-refractivity contribution in [1.29, 1.82) is 0 Å². The highest BCUT2D eigenvalue weighted by Crippen LogP contribution is 2.42. The zero-order chi connectivity index (χ0) is 33.0. The SMILES string of the molecule is c1ccc(-c2cc(-c3ccc4c(c3)oc3cccc(-c5nc(-c6ccccc6)c6sc7ccccc7c6n5)c34)nc(-c3ccccc3)n2)cc1. The lowest BCUT2D eigenvalue weighted by Gasteiger charge is -2.09. The molecule has 0 unspecified atom stereocenters. The van der Waals surface area contributed by atoms with Crippen LogP contribution >= 0.6 is 11.3 Å². The number of thiophene rings is 1. The van der Waals surface area contributed by atoms with Crippen LogP contribution < -0.4 is 0 Å². The van der Waals surface area contributed by atoms with Crippen LogP contribution in [0.2, 0.25) is 0 Å². The number of fused-ring (bicyclic) bond motifs is 6. The van der Waals surface area contributed by atoms with E-state index in [0.29, 0.717) is 11.6 Å². The molecule has 4 heterocycles. The maximum atomic E-state index is 6.57. The summed E-state index contributed by atoms with van der Waals surface area (Å²) in [7, 11) is 0. The number of furan rings is 1. The molecule has 10 rings (SSSR count). The molecule has 6 aromatic carbocycles. The van der Waals surface area contributed by atoms with E-state index in [2.05, 4.69) is 91.0 Å². The fourth-order valence-electron chi connectivity index (χ4n) is 6.74. The maximum Gasteiger partial charge on any atom is 0.161 e. The number of rotatable bonds is 5. The van der Waals surface area contributed by atoms with E-state index in [1.807, 2.05) is 66.7 Å². The average Bonchev–Trinajstić information content (AvgIpc) is 3.76. The predicted octanol–water partition coefficient (Wildman–Crippen LogP) is 11.9. The highest BCUT2D eigenvalue weighted by molar-refractivity contribution is 7.26. The molecule has 0 saturated heterocycles. The summed E-state index contributed by atoms with van der Waals surface area (Å²) in [6, 6.07) is 53.7. The summed E-state index contributed by atoms with van der Waals surface area (Å²) in [6.45, 7) is 0. The summed E-state index contributed by atoms with van der Waals surface area (Å²) in [6.07, 6.45) is 0. The van der Waals surface area contributed by atoms with E-state index in [1.54, 1.807) is 11.3 Å². The van der Waals surface area contributed by atoms with Gasteiger partial charge >= 0.3 is 0 Å². The molecular formula is C44H26N4OS. The molecule has 0 bridgehead atoms. The van der Waals surface area contributed by atoms with E-state index in [1.165, 1.54) is 4.70 Å². The maximum absolute atomic E-state index is 6.57. The van der Waals surface area contributed by atoms with Gasteiger partial charge in [0, 0.05) is 48.7 Å². The second-order valence-electron chi connectivity index (χ2n) is 12.2. The lowest BCUT2D eigenvalue weighted by atomic mass is 10.0. The minimum absolute atomic E-state index is 0.674. The molecule has 0 saturated carbocycles. The lowest BCUT2D eigenvalue weighted by molar-refractivity contribution is 0.669. The number of benzene rings is 6. The van der Waals surface area contributed by atoms with Gasteiger partial charge in [-0.15, -0.1) is 11.3 Å². The van der Waals surface area contributed by atoms with E-state index >= 15 is 0 Å². The minimum atomic E-state index is 0.674. The smallest absolute Gasteiger partial charge is 0.161 e. The molecule has 50 heavy (non-hydrogen) atoms. The molecule has 234 valence electrons. The van der Waals surface area contributed by atoms with Crippen molar-refractivity contribution in [2.24, 2.45) is 0 Å². The Bertz CT molecular complexity index is 2810. The first-order chi connectivity index (χ1) is 24.8. The van der Waals surface area contributed by atoms with Crippen LogP contribution in [0.15, 0.2) is 162 Å². The molecule has 0 N–H and O–H groups in total. The first kappa shape index (κ1) is 28.5. The number of nitrogens with zero attached hydrogens (tertiary/aromatic N) is 4. The highest BCUT2D eigenvalue weighted by atomic mass is 32.1. The average molecular weight is 659 g/mol. The largest absolute Gasteiger partial charge is 0.456 e. The van der Waals surface area contributed by atoms with Crippen molar-refractivity contribution in [3.63, 3.8) is 0 Å². The van der Waals surface area contributed by atoms with Crippen LogP contribution in [0.25, 0.3) is 98.8 Å². The predicted molar refractivity (Wildman–Crippen MR) is 205 cm³/mol. The first-order valence-corrected chi connectivity index (χ1v) is 17.3. The quantitative estimate of drug-likeness (QED) is 0.184. The van der Waals surface area contributed by atoms with E-state index in [0.717, 1.165) is 82.4 Å². The molecule has 4 aromatic heterocycles. The van der Waals surface area contributed by atoms with E-state index in [4.69, 9.17) is 24.4 Å². The van der Waals surface area contributed by atoms with Gasteiger partial charge in [0.2, 0.25) is 0 Å². The Morgan fingerprint density at radius 3 is 1.90 bits per heavy atom. The lowest BCUT2D eigenvalue weighted by Crippen LogP contribution is -1.95. The van der Waals surface area contributed by atoms with Gasteiger partial charge in [-0.3, -0.25) is 0 Å². The van der Waals surface area contributed by atoms with Crippen molar-refractivity contribution in [2.75, 3.05) is 0 Å². The Morgan fingerprint density at radius 1 is 0.440 bits per heavy atom. The zero-order valence-electron chi connectivity index (χ0n) is 26.6. The van der Waals surface area contributed by atoms with Crippen molar-refractivity contribution < 1.29 is 4.42 Å². The highest BCUT2D eigenvalue weighted by Gasteiger charge is 2.20. The van der Waals surface area contributed by atoms with Crippen LogP contribution in [0, 0.1) is 0 Å². The molecule has 6 heteroatoms. The van der Waals surface area contributed by atoms with Crippen LogP contribution in [-0.2, 0) is 0 Å². The summed E-state index contributed by atoms with van der Waals surface area (Å²) in [5.74, 6) is 1.35. The molecule has 5 nitrogen and oxygen atoms in total. The van der Waals surface area contributed by atoms with Gasteiger partial charge in [-0.05, 0) is 30.3 Å². The Balaban J connectivity index is 1.16. The Kier molecular flexibility index (Phi) is 6.60. The standard InChI is InChI=1S/C44H26N4OS/c1-4-13-27(14-5-1)34-26-35(46-43(45-34)29-17-8-3-9-18-29)30-23-24-31-37(25-30)49-36-21-12-20-33(39(31)36)44-47-40(28-15-6-2-7-16-28)42-41(48-44)32-19-10-11-22-38(32)50-42/h1-26H. The summed E-state index contributed by atoms with van der Waals surface area (Å²) >= 11 is 1.74. The van der Waals surface area contributed by atoms with Crippen molar-refractivity contribution in [3.8, 4) is 56.5 Å². The van der Waals surface area contributed by atoms with E-state index in [9.17, 15) is 0 Å². The van der Waals surface area contributed by atoms with Crippen molar-refractivity contribution in [3.05, 3.63) is 158 Å². The molecule has 0 amide bonds. The Labute approximate surface area is 291 Å². The summed E-state index contributed by atoms with van der Waals surface area (Å²) in [5.41, 5.74) is 10.1. The van der Waals surface area contributed by atoms with Crippen molar-refractivity contribution in [2.45, 2.75) is 0 Å². The fourth-order valence-corrected chi connectivity index (χ4v) is 7.90. The van der Waals surface area contributed by atoms with Crippen molar-refractivity contribution >= 4 is 53.6 Å². The van der Waals surface area contributed by atoms with Crippen LogP contribution in [0.3, 0.4) is 0 Å². The van der Waals surface area contributed by atoms with Gasteiger partial charge in [0.15, 0.2) is 11.6 Å². The van der Waals surface area contributed by atoms with Crippen LogP contribution in [-0.4, -0.2) is 19.9 Å². The minimum Gasteiger partial charge on any atom is -0.456 e. The normalized spacial score (nSPS) is 11.6. The topological polar surface area (TPSA) is 64.7 Å². The van der Waals surface area contributed by atoms with Gasteiger partial charge in [0.05, 0.1) is 27.3 Å². The third-order valence-electron chi connectivity index (χ3n) is 9.13. The molecule has 0 radical (unpaired) electrons. The van der Waals surface area contributed by atoms with Crippen molar-refractivity contribution in [1.82, 2.24) is 19.9 Å². The van der Waals surface area contributed by atoms with Gasteiger partial charge in [-0.1, -0.05) is 127 Å². The second kappa shape index (κ2) is 11.6. The van der Waals surface area contributed by atoms with Crippen LogP contribution in [0.4, 0.5) is 0 Å². The van der Waals surface area contributed by atoms with Crippen LogP contribution in [0.5, 0.6) is 0 Å². The molecule has 0 aliphatic heterocycles. The molecule has 0 spiro atoms. The number of aromatic nitrogens is 4. The summed E-state index contributed by atoms with van der Waals surface area (Å²) < 4.78 is 8.85. The van der Waals surface area contributed by atoms with Gasteiger partial charge in [-0.25, -0.2) is 19.9 Å². The molecule has 0 aliphatic carbocycles. The molecule has 0 aliphatic rings. The molecule has 10 aromatic rings. The second-order valence-corrected chi connectivity index (χ2v) is 13.3. The Hall–Kier alpha value is -6.50. The monoisotopic (exact) mass is 658 g/mol. The molecular weight excluding hydrogens is 633 g/mol.